The van der Waals surface area contributed by atoms with E-state index in [0.717, 1.165) is 6.42 Å². The number of imide groups is 1. The summed E-state index contributed by atoms with van der Waals surface area (Å²) < 4.78 is 4.60. The Morgan fingerprint density at radius 3 is 2.67 bits per heavy atom. The van der Waals surface area contributed by atoms with Gasteiger partial charge in [0.05, 0.1) is 0 Å². The number of alkyl carbamates (subject to hydrolysis) is 1. The van der Waals surface area contributed by atoms with Gasteiger partial charge in [-0.1, -0.05) is 18.5 Å². The Labute approximate surface area is 111 Å². The maximum atomic E-state index is 11.8. The Kier molecular flexibility index (Phi) is 5.40. The molecule has 7 heteroatoms. The van der Waals surface area contributed by atoms with Crippen LogP contribution in [0.3, 0.4) is 0 Å². The summed E-state index contributed by atoms with van der Waals surface area (Å²) in [6.45, 7) is 3.80. The lowest BCUT2D eigenvalue weighted by molar-refractivity contribution is -0.137. The van der Waals surface area contributed by atoms with Gasteiger partial charge >= 0.3 is 6.09 Å². The van der Waals surface area contributed by atoms with Gasteiger partial charge in [0.1, 0.15) is 6.04 Å². The van der Waals surface area contributed by atoms with Crippen LogP contribution in [-0.4, -0.2) is 41.0 Å². The lowest BCUT2D eigenvalue weighted by Gasteiger charge is -2.25. The fraction of sp³-hybridized carbons (Fsp3) is 0.727. The van der Waals surface area contributed by atoms with Gasteiger partial charge in [0.2, 0.25) is 5.91 Å². The van der Waals surface area contributed by atoms with Crippen LogP contribution >= 0.6 is 11.6 Å². The zero-order valence-corrected chi connectivity index (χ0v) is 11.2. The first kappa shape index (κ1) is 14.8. The van der Waals surface area contributed by atoms with Gasteiger partial charge in [-0.25, -0.2) is 4.79 Å². The van der Waals surface area contributed by atoms with Crippen LogP contribution in [0.4, 0.5) is 4.79 Å². The largest absolute Gasteiger partial charge is 0.430 e. The van der Waals surface area contributed by atoms with Crippen molar-refractivity contribution in [3.63, 3.8) is 0 Å². The first-order chi connectivity index (χ1) is 8.45. The predicted octanol–water partition coefficient (Wildman–Crippen LogP) is 1.23. The summed E-state index contributed by atoms with van der Waals surface area (Å²) in [4.78, 5) is 36.1. The van der Waals surface area contributed by atoms with E-state index in [0.29, 0.717) is 19.4 Å². The van der Waals surface area contributed by atoms with Gasteiger partial charge in [-0.3, -0.25) is 14.9 Å². The Bertz CT molecular complexity index is 346. The van der Waals surface area contributed by atoms with E-state index in [9.17, 15) is 14.4 Å². The van der Waals surface area contributed by atoms with Gasteiger partial charge in [-0.2, -0.15) is 0 Å². The highest BCUT2D eigenvalue weighted by Crippen LogP contribution is 2.15. The van der Waals surface area contributed by atoms with Crippen LogP contribution in [0.5, 0.6) is 0 Å². The van der Waals surface area contributed by atoms with Crippen molar-refractivity contribution in [3.05, 3.63) is 0 Å². The van der Waals surface area contributed by atoms with Crippen molar-refractivity contribution in [1.82, 2.24) is 10.2 Å². The highest BCUT2D eigenvalue weighted by atomic mass is 35.5. The molecule has 1 N–H and O–H groups in total. The maximum Gasteiger partial charge on any atom is 0.415 e. The molecule has 0 saturated carbocycles. The molecule has 18 heavy (non-hydrogen) atoms. The Hall–Kier alpha value is -1.30. The highest BCUT2D eigenvalue weighted by Gasteiger charge is 2.32. The summed E-state index contributed by atoms with van der Waals surface area (Å²) in [7, 11) is 0. The van der Waals surface area contributed by atoms with Gasteiger partial charge in [-0.05, 0) is 19.8 Å². The second-order valence-corrected chi connectivity index (χ2v) is 4.67. The number of hydrogen-bond donors (Lipinski definition) is 1. The fourth-order valence-electron chi connectivity index (χ4n) is 1.91. The molecule has 0 aliphatic carbocycles. The van der Waals surface area contributed by atoms with Crippen molar-refractivity contribution >= 4 is 29.5 Å². The lowest BCUT2D eigenvalue weighted by atomic mass is 10.2. The molecule has 6 nitrogen and oxygen atoms in total. The van der Waals surface area contributed by atoms with Crippen LogP contribution in [0.1, 0.15) is 33.1 Å². The first-order valence-corrected chi connectivity index (χ1v) is 6.34. The molecule has 2 atom stereocenters. The molecule has 0 aromatic heterocycles. The third kappa shape index (κ3) is 3.87. The van der Waals surface area contributed by atoms with Crippen molar-refractivity contribution < 1.29 is 19.1 Å². The van der Waals surface area contributed by atoms with Crippen LogP contribution in [0, 0.1) is 0 Å². The summed E-state index contributed by atoms with van der Waals surface area (Å²) in [5.41, 5.74) is -0.814. The van der Waals surface area contributed by atoms with E-state index in [1.54, 1.807) is 6.92 Å². The van der Waals surface area contributed by atoms with Crippen molar-refractivity contribution in [3.8, 4) is 0 Å². The zero-order chi connectivity index (χ0) is 13.7. The van der Waals surface area contributed by atoms with Gasteiger partial charge < -0.3 is 9.64 Å². The van der Waals surface area contributed by atoms with Crippen molar-refractivity contribution in [2.45, 2.75) is 44.7 Å². The van der Waals surface area contributed by atoms with E-state index in [1.165, 1.54) is 11.8 Å². The number of nitrogens with zero attached hydrogens (tertiary/aromatic N) is 1. The second kappa shape index (κ2) is 6.58. The number of likely N-dealkylation sites (tertiary alicyclic amines) is 1. The summed E-state index contributed by atoms with van der Waals surface area (Å²) in [6.07, 6.45) is 0.743. The number of alkyl halides is 1. The molecule has 1 unspecified atom stereocenters. The maximum absolute atomic E-state index is 11.8. The minimum atomic E-state index is -0.896. The normalized spacial score (nSPS) is 18.4. The molecule has 1 saturated heterocycles. The molecule has 1 rings (SSSR count). The number of ether oxygens (including phenoxy) is 1. The summed E-state index contributed by atoms with van der Waals surface area (Å²) in [5.74, 6) is -0.592. The molecular formula is C11H17ClN2O4. The summed E-state index contributed by atoms with van der Waals surface area (Å²) in [5, 5.41) is 2.08. The van der Waals surface area contributed by atoms with Crippen molar-refractivity contribution in [1.29, 1.82) is 0 Å². The lowest BCUT2D eigenvalue weighted by Crippen LogP contribution is -2.49. The van der Waals surface area contributed by atoms with E-state index >= 15 is 0 Å². The van der Waals surface area contributed by atoms with Crippen LogP contribution in [0.2, 0.25) is 0 Å². The van der Waals surface area contributed by atoms with Gasteiger partial charge in [0.25, 0.3) is 5.91 Å². The fourth-order valence-corrected chi connectivity index (χ4v) is 1.99. The number of amides is 3. The molecular weight excluding hydrogens is 260 g/mol. The smallest absolute Gasteiger partial charge is 0.415 e. The third-order valence-electron chi connectivity index (χ3n) is 2.67. The molecule has 3 amide bonds. The predicted molar refractivity (Wildman–Crippen MR) is 65.0 cm³/mol. The number of carbonyl (C=O) groups excluding carboxylic acids is 3. The molecule has 0 bridgehead atoms. The Morgan fingerprint density at radius 2 is 2.22 bits per heavy atom. The van der Waals surface area contributed by atoms with Crippen LogP contribution in [0.25, 0.3) is 0 Å². The number of hydrogen-bond acceptors (Lipinski definition) is 4. The standard InChI is InChI=1S/C11H17ClN2O4/c1-3-8(14-6-4-5-9(14)15)10(16)13-11(17)18-7(2)12/h7-8H,3-6H2,1-2H3,(H,13,16,17)/t7?,8-/m0/s1. The topological polar surface area (TPSA) is 75.7 Å². The number of halogens is 1. The SMILES string of the molecule is CC[C@@H](C(=O)NC(=O)OC(C)Cl)N1CCCC1=O. The highest BCUT2D eigenvalue weighted by molar-refractivity contribution is 6.20. The van der Waals surface area contributed by atoms with Gasteiger partial charge in [-0.15, -0.1) is 0 Å². The average molecular weight is 277 g/mol. The van der Waals surface area contributed by atoms with Crippen molar-refractivity contribution in [2.75, 3.05) is 6.54 Å². The molecule has 1 heterocycles. The number of carbonyl (C=O) groups is 3. The molecule has 1 aliphatic rings. The summed E-state index contributed by atoms with van der Waals surface area (Å²) >= 11 is 5.46. The van der Waals surface area contributed by atoms with Crippen LogP contribution in [-0.2, 0) is 14.3 Å². The monoisotopic (exact) mass is 276 g/mol. The first-order valence-electron chi connectivity index (χ1n) is 5.90. The molecule has 0 aromatic rings. The van der Waals surface area contributed by atoms with E-state index in [-0.39, 0.29) is 5.91 Å². The molecule has 102 valence electrons. The quantitative estimate of drug-likeness (QED) is 0.784. The van der Waals surface area contributed by atoms with Gasteiger partial charge in [0.15, 0.2) is 5.56 Å². The third-order valence-corrected chi connectivity index (χ3v) is 2.76. The van der Waals surface area contributed by atoms with E-state index in [2.05, 4.69) is 10.1 Å². The number of nitrogens with one attached hydrogen (secondary N) is 1. The molecule has 0 aromatic carbocycles. The van der Waals surface area contributed by atoms with E-state index in [1.807, 2.05) is 0 Å². The average Bonchev–Trinajstić information content (AvgIpc) is 2.64. The molecule has 1 fully saturated rings. The van der Waals surface area contributed by atoms with Crippen LogP contribution in [0.15, 0.2) is 0 Å². The molecule has 1 aliphatic heterocycles. The van der Waals surface area contributed by atoms with E-state index in [4.69, 9.17) is 11.6 Å². The number of rotatable bonds is 4. The Balaban J connectivity index is 2.57. The molecule has 0 radical (unpaired) electrons. The minimum absolute atomic E-state index is 0.0592. The van der Waals surface area contributed by atoms with Crippen molar-refractivity contribution in [2.24, 2.45) is 0 Å². The zero-order valence-electron chi connectivity index (χ0n) is 10.4. The Morgan fingerprint density at radius 1 is 1.56 bits per heavy atom. The minimum Gasteiger partial charge on any atom is -0.430 e. The van der Waals surface area contributed by atoms with Gasteiger partial charge in [0, 0.05) is 13.0 Å². The van der Waals surface area contributed by atoms with Crippen LogP contribution < -0.4 is 5.32 Å². The second-order valence-electron chi connectivity index (χ2n) is 4.05. The molecule has 0 spiro atoms. The summed E-state index contributed by atoms with van der Waals surface area (Å²) in [6, 6.07) is -0.627. The van der Waals surface area contributed by atoms with E-state index < -0.39 is 23.6 Å².